The molecule has 18 heavy (non-hydrogen) atoms. The minimum Gasteiger partial charge on any atom is -0.466 e. The van der Waals surface area contributed by atoms with Crippen LogP contribution in [0.3, 0.4) is 0 Å². The first-order chi connectivity index (χ1) is 8.58. The average molecular weight is 249 g/mol. The van der Waals surface area contributed by atoms with Crippen molar-refractivity contribution in [2.75, 3.05) is 11.9 Å². The molecule has 0 saturated heterocycles. The van der Waals surface area contributed by atoms with Gasteiger partial charge in [-0.3, -0.25) is 9.59 Å². The molecule has 0 spiro atoms. The minimum absolute atomic E-state index is 0.00926. The second-order valence-electron chi connectivity index (χ2n) is 4.10. The molecule has 1 aromatic carbocycles. The quantitative estimate of drug-likeness (QED) is 0.838. The number of anilines is 1. The van der Waals surface area contributed by atoms with Gasteiger partial charge in [0.2, 0.25) is 0 Å². The highest BCUT2D eigenvalue weighted by molar-refractivity contribution is 6.09. The SMILES string of the molecule is CCOC(=O)C(C)CC.O=C1Nc2cccc1c2. The molecule has 4 heteroatoms. The second-order valence-corrected chi connectivity index (χ2v) is 4.10. The van der Waals surface area contributed by atoms with E-state index < -0.39 is 0 Å². The standard InChI is InChI=1S/C7H5NO.C7H14O2/c9-7-5-2-1-3-6(4-5)8-7;1-4-6(3)7(8)9-5-2/h1-4H,(H,8,9);6H,4-5H2,1-3H3. The van der Waals surface area contributed by atoms with Crippen LogP contribution in [0.1, 0.15) is 37.6 Å². The van der Waals surface area contributed by atoms with E-state index in [-0.39, 0.29) is 17.8 Å². The number of ether oxygens (including phenoxy) is 1. The van der Waals surface area contributed by atoms with E-state index in [2.05, 4.69) is 5.32 Å². The molecule has 0 aromatic heterocycles. The Hall–Kier alpha value is -1.84. The molecule has 1 amide bonds. The molecular formula is C14H19NO3. The van der Waals surface area contributed by atoms with Gasteiger partial charge in [0.25, 0.3) is 5.91 Å². The zero-order valence-corrected chi connectivity index (χ0v) is 11.0. The first-order valence-corrected chi connectivity index (χ1v) is 6.16. The maximum absolute atomic E-state index is 10.8. The summed E-state index contributed by atoms with van der Waals surface area (Å²) >= 11 is 0. The number of carbonyl (C=O) groups excluding carboxylic acids is 2. The lowest BCUT2D eigenvalue weighted by Crippen LogP contribution is -2.13. The predicted octanol–water partition coefficient (Wildman–Crippen LogP) is 2.85. The van der Waals surface area contributed by atoms with Crippen LogP contribution in [0.5, 0.6) is 0 Å². The fraction of sp³-hybridized carbons (Fsp3) is 0.429. The van der Waals surface area contributed by atoms with E-state index in [1.807, 2.05) is 39.0 Å². The number of esters is 1. The van der Waals surface area contributed by atoms with E-state index >= 15 is 0 Å². The molecule has 1 aromatic rings. The molecule has 0 saturated carbocycles. The molecule has 2 rings (SSSR count). The van der Waals surface area contributed by atoms with E-state index in [1.54, 1.807) is 6.07 Å². The number of benzene rings is 1. The van der Waals surface area contributed by atoms with Gasteiger partial charge in [-0.05, 0) is 31.5 Å². The lowest BCUT2D eigenvalue weighted by atomic mass is 10.1. The van der Waals surface area contributed by atoms with Crippen molar-refractivity contribution < 1.29 is 14.3 Å². The topological polar surface area (TPSA) is 55.4 Å². The summed E-state index contributed by atoms with van der Waals surface area (Å²) in [6, 6.07) is 7.37. The van der Waals surface area contributed by atoms with Gasteiger partial charge in [-0.2, -0.15) is 0 Å². The van der Waals surface area contributed by atoms with Crippen molar-refractivity contribution in [2.45, 2.75) is 27.2 Å². The summed E-state index contributed by atoms with van der Waals surface area (Å²) in [5.74, 6) is -0.0139. The van der Waals surface area contributed by atoms with Crippen molar-refractivity contribution in [3.63, 3.8) is 0 Å². The van der Waals surface area contributed by atoms with Gasteiger partial charge < -0.3 is 10.1 Å². The van der Waals surface area contributed by atoms with Gasteiger partial charge in [0, 0.05) is 11.3 Å². The van der Waals surface area contributed by atoms with Crippen molar-refractivity contribution in [2.24, 2.45) is 5.92 Å². The van der Waals surface area contributed by atoms with Crippen molar-refractivity contribution >= 4 is 17.6 Å². The zero-order valence-electron chi connectivity index (χ0n) is 11.0. The normalized spacial score (nSPS) is 13.2. The largest absolute Gasteiger partial charge is 0.466 e. The van der Waals surface area contributed by atoms with Gasteiger partial charge in [-0.1, -0.05) is 19.9 Å². The molecule has 1 atom stereocenters. The van der Waals surface area contributed by atoms with Gasteiger partial charge in [0.05, 0.1) is 12.5 Å². The third-order valence-corrected chi connectivity index (χ3v) is 2.68. The highest BCUT2D eigenvalue weighted by Gasteiger charge is 2.12. The number of hydrogen-bond acceptors (Lipinski definition) is 3. The first kappa shape index (κ1) is 14.2. The monoisotopic (exact) mass is 249 g/mol. The minimum atomic E-state index is -0.0833. The Morgan fingerprint density at radius 1 is 1.39 bits per heavy atom. The lowest BCUT2D eigenvalue weighted by molar-refractivity contribution is -0.147. The Kier molecular flexibility index (Phi) is 5.36. The average Bonchev–Trinajstić information content (AvgIpc) is 2.63. The number of carbonyl (C=O) groups is 2. The highest BCUT2D eigenvalue weighted by Crippen LogP contribution is 2.17. The summed E-state index contributed by atoms with van der Waals surface area (Å²) in [7, 11) is 0. The molecule has 1 aliphatic rings. The van der Waals surface area contributed by atoms with Crippen LogP contribution in [0, 0.1) is 5.92 Å². The Balaban J connectivity index is 0.000000180. The van der Waals surface area contributed by atoms with Crippen molar-refractivity contribution in [1.29, 1.82) is 0 Å². The predicted molar refractivity (Wildman–Crippen MR) is 70.5 cm³/mol. The van der Waals surface area contributed by atoms with Crippen LogP contribution >= 0.6 is 0 Å². The molecule has 2 bridgehead atoms. The van der Waals surface area contributed by atoms with Crippen LogP contribution in [0.15, 0.2) is 24.3 Å². The fourth-order valence-electron chi connectivity index (χ4n) is 1.39. The van der Waals surface area contributed by atoms with Crippen molar-refractivity contribution in [3.05, 3.63) is 29.8 Å². The molecule has 0 radical (unpaired) electrons. The fourth-order valence-corrected chi connectivity index (χ4v) is 1.39. The van der Waals surface area contributed by atoms with Gasteiger partial charge >= 0.3 is 5.97 Å². The Morgan fingerprint density at radius 3 is 2.61 bits per heavy atom. The molecule has 98 valence electrons. The van der Waals surface area contributed by atoms with E-state index in [0.717, 1.165) is 17.7 Å². The van der Waals surface area contributed by atoms with Gasteiger partial charge in [0.1, 0.15) is 0 Å². The Bertz CT molecular complexity index is 429. The third-order valence-electron chi connectivity index (χ3n) is 2.68. The molecular weight excluding hydrogens is 230 g/mol. The number of nitrogens with one attached hydrogen (secondary N) is 1. The van der Waals surface area contributed by atoms with Crippen LogP contribution < -0.4 is 5.32 Å². The zero-order chi connectivity index (χ0) is 13.5. The molecule has 1 N–H and O–H groups in total. The molecule has 1 unspecified atom stereocenters. The summed E-state index contributed by atoms with van der Waals surface area (Å²) in [6.45, 7) is 6.16. The van der Waals surface area contributed by atoms with Crippen LogP contribution in [0.4, 0.5) is 5.69 Å². The molecule has 4 nitrogen and oxygen atoms in total. The highest BCUT2D eigenvalue weighted by atomic mass is 16.5. The summed E-state index contributed by atoms with van der Waals surface area (Å²) in [6.07, 6.45) is 0.860. The number of hydrogen-bond donors (Lipinski definition) is 1. The number of amides is 1. The van der Waals surface area contributed by atoms with Crippen LogP contribution in [0.25, 0.3) is 0 Å². The Morgan fingerprint density at radius 2 is 2.11 bits per heavy atom. The second kappa shape index (κ2) is 6.79. The van der Waals surface area contributed by atoms with Crippen molar-refractivity contribution in [1.82, 2.24) is 0 Å². The molecule has 0 fully saturated rings. The van der Waals surface area contributed by atoms with E-state index in [1.165, 1.54) is 0 Å². The van der Waals surface area contributed by atoms with E-state index in [0.29, 0.717) is 6.61 Å². The van der Waals surface area contributed by atoms with E-state index in [9.17, 15) is 9.59 Å². The summed E-state index contributed by atoms with van der Waals surface area (Å²) in [5, 5.41) is 2.68. The maximum atomic E-state index is 10.8. The van der Waals surface area contributed by atoms with Crippen molar-refractivity contribution in [3.8, 4) is 0 Å². The van der Waals surface area contributed by atoms with E-state index in [4.69, 9.17) is 4.74 Å². The summed E-state index contributed by atoms with van der Waals surface area (Å²) < 4.78 is 4.76. The lowest BCUT2D eigenvalue weighted by Gasteiger charge is -2.05. The van der Waals surface area contributed by atoms with Crippen LogP contribution in [0.2, 0.25) is 0 Å². The molecule has 0 aliphatic carbocycles. The molecule has 1 aliphatic heterocycles. The smallest absolute Gasteiger partial charge is 0.308 e. The van der Waals surface area contributed by atoms with Crippen LogP contribution in [-0.4, -0.2) is 18.5 Å². The Labute approximate surface area is 107 Å². The maximum Gasteiger partial charge on any atom is 0.308 e. The number of fused-ring (bicyclic) bond motifs is 2. The summed E-state index contributed by atoms with van der Waals surface area (Å²) in [4.78, 5) is 21.5. The number of rotatable bonds is 3. The third kappa shape index (κ3) is 3.87. The van der Waals surface area contributed by atoms with Gasteiger partial charge in [-0.15, -0.1) is 0 Å². The summed E-state index contributed by atoms with van der Waals surface area (Å²) in [5.41, 5.74) is 1.66. The van der Waals surface area contributed by atoms with Crippen LogP contribution in [-0.2, 0) is 9.53 Å². The molecule has 1 heterocycles. The van der Waals surface area contributed by atoms with Gasteiger partial charge in [-0.25, -0.2) is 0 Å². The first-order valence-electron chi connectivity index (χ1n) is 6.16. The van der Waals surface area contributed by atoms with Gasteiger partial charge in [0.15, 0.2) is 0 Å².